The molecule has 0 spiro atoms. The van der Waals surface area contributed by atoms with Crippen LogP contribution in [0, 0.1) is 6.07 Å². The molecule has 0 aromatic heterocycles. The van der Waals surface area contributed by atoms with Gasteiger partial charge in [-0.25, -0.2) is 4.79 Å². The molecule has 0 bridgehead atoms. The molecule has 0 heterocycles. The number of aliphatic carboxylic acids is 1. The minimum absolute atomic E-state index is 0. The fourth-order valence-electron chi connectivity index (χ4n) is 0.536. The van der Waals surface area contributed by atoms with E-state index in [1.807, 2.05) is 30.3 Å². The van der Waals surface area contributed by atoms with E-state index < -0.39 is 5.97 Å². The van der Waals surface area contributed by atoms with Gasteiger partial charge in [0.1, 0.15) is 0 Å². The smallest absolute Gasteiger partial charge is 0.478 e. The molecule has 0 aliphatic rings. The average Bonchev–Trinajstić information content (AvgIpc) is 2.20. The number of hydrogen-bond acceptors (Lipinski definition) is 1. The second-order valence-electron chi connectivity index (χ2n) is 2.08. The summed E-state index contributed by atoms with van der Waals surface area (Å²) >= 11 is 0. The minimum atomic E-state index is -0.981. The Hall–Kier alpha value is -0.830. The quantitative estimate of drug-likeness (QED) is 0.391. The van der Waals surface area contributed by atoms with Crippen LogP contribution in [0.1, 0.15) is 5.56 Å². The molecule has 1 N–H and O–H groups in total. The Morgan fingerprint density at radius 2 is 1.79 bits per heavy atom. The van der Waals surface area contributed by atoms with Crippen molar-refractivity contribution < 1.29 is 39.5 Å². The number of hydrogen-bond donors (Lipinski definition) is 1. The van der Waals surface area contributed by atoms with E-state index >= 15 is 0 Å². The Morgan fingerprint density at radius 1 is 1.36 bits per heavy atom. The van der Waals surface area contributed by atoms with E-state index in [-0.39, 0.29) is 29.6 Å². The number of carbonyl (C=O) groups is 1. The molecule has 1 rings (SSSR count). The molecular weight excluding hydrogens is 187 g/mol. The van der Waals surface area contributed by atoms with E-state index in [2.05, 4.69) is 19.2 Å². The van der Waals surface area contributed by atoms with Gasteiger partial charge in [0.05, 0.1) is 0 Å². The first-order valence-electron chi connectivity index (χ1n) is 3.64. The summed E-state index contributed by atoms with van der Waals surface area (Å²) in [7, 11) is 0. The first kappa shape index (κ1) is 15.6. The Bertz CT molecular complexity index is 281. The third-order valence-corrected chi connectivity index (χ3v) is 1.15. The monoisotopic (exact) mass is 198 g/mol. The van der Waals surface area contributed by atoms with Crippen LogP contribution in [0.25, 0.3) is 6.08 Å². The van der Waals surface area contributed by atoms with E-state index in [1.54, 1.807) is 0 Å². The molecule has 68 valence electrons. The molecule has 0 amide bonds. The van der Waals surface area contributed by atoms with Gasteiger partial charge in [0.15, 0.2) is 0 Å². The molecule has 1 aromatic rings. The third-order valence-electron chi connectivity index (χ3n) is 1.15. The molecule has 14 heavy (non-hydrogen) atoms. The van der Waals surface area contributed by atoms with Crippen molar-refractivity contribution in [3.05, 3.63) is 55.1 Å². The predicted octanol–water partition coefficient (Wildman–Crippen LogP) is -0.609. The predicted molar refractivity (Wildman–Crippen MR) is 53.2 cm³/mol. The molecule has 1 aromatic carbocycles. The summed E-state index contributed by atoms with van der Waals surface area (Å²) in [5.41, 5.74) is 1.14. The van der Waals surface area contributed by atoms with Gasteiger partial charge in [-0.3, -0.25) is 0 Å². The van der Waals surface area contributed by atoms with Crippen LogP contribution in [0.5, 0.6) is 0 Å². The van der Waals surface area contributed by atoms with Gasteiger partial charge in [0.2, 0.25) is 0 Å². The fraction of sp³-hybridized carbons (Fsp3) is 0. The van der Waals surface area contributed by atoms with Crippen LogP contribution in [0.3, 0.4) is 0 Å². The topological polar surface area (TPSA) is 37.3 Å². The standard InChI is InChI=1S/C8H7.C3H4O2.Na/c1-2-8-6-4-3-5-7-8;1-2-3(4)5;/h2,4-7H,1H2;2H,1H2,(H,4,5);/q-1;;+1. The number of benzene rings is 1. The largest absolute Gasteiger partial charge is 1.00 e. The summed E-state index contributed by atoms with van der Waals surface area (Å²) in [5, 5.41) is 7.60. The average molecular weight is 198 g/mol. The summed E-state index contributed by atoms with van der Waals surface area (Å²) in [5.74, 6) is -0.981. The molecule has 2 nitrogen and oxygen atoms in total. The summed E-state index contributed by atoms with van der Waals surface area (Å²) in [6, 6.07) is 10.6. The van der Waals surface area contributed by atoms with E-state index in [1.165, 1.54) is 0 Å². The van der Waals surface area contributed by atoms with Crippen LogP contribution in [-0.4, -0.2) is 11.1 Å². The fourth-order valence-corrected chi connectivity index (χ4v) is 0.536. The second kappa shape index (κ2) is 10.3. The Morgan fingerprint density at radius 3 is 2.00 bits per heavy atom. The van der Waals surface area contributed by atoms with E-state index in [0.29, 0.717) is 0 Å². The van der Waals surface area contributed by atoms with Crippen molar-refractivity contribution in [3.8, 4) is 0 Å². The third kappa shape index (κ3) is 9.26. The Balaban J connectivity index is 0. The zero-order valence-electron chi connectivity index (χ0n) is 8.23. The summed E-state index contributed by atoms with van der Waals surface area (Å²) < 4.78 is 0. The molecule has 0 saturated carbocycles. The summed E-state index contributed by atoms with van der Waals surface area (Å²) in [6.07, 6.45) is 2.65. The molecular formula is C11H11NaO2. The zero-order valence-corrected chi connectivity index (χ0v) is 10.2. The maximum Gasteiger partial charge on any atom is 1.00 e. The van der Waals surface area contributed by atoms with Crippen molar-refractivity contribution in [1.29, 1.82) is 0 Å². The van der Waals surface area contributed by atoms with Crippen molar-refractivity contribution >= 4 is 12.0 Å². The molecule has 0 atom stereocenters. The molecule has 0 unspecified atom stereocenters. The summed E-state index contributed by atoms with van der Waals surface area (Å²) in [4.78, 5) is 9.25. The van der Waals surface area contributed by atoms with Gasteiger partial charge >= 0.3 is 35.5 Å². The van der Waals surface area contributed by atoms with Crippen LogP contribution in [0.2, 0.25) is 0 Å². The van der Waals surface area contributed by atoms with Gasteiger partial charge in [-0.15, -0.1) is 12.1 Å². The van der Waals surface area contributed by atoms with E-state index in [4.69, 9.17) is 5.11 Å². The van der Waals surface area contributed by atoms with Crippen LogP contribution < -0.4 is 29.6 Å². The van der Waals surface area contributed by atoms with Gasteiger partial charge in [0.25, 0.3) is 0 Å². The van der Waals surface area contributed by atoms with Crippen molar-refractivity contribution in [2.24, 2.45) is 0 Å². The van der Waals surface area contributed by atoms with Crippen LogP contribution in [-0.2, 0) is 4.79 Å². The van der Waals surface area contributed by atoms with Gasteiger partial charge in [0, 0.05) is 6.08 Å². The van der Waals surface area contributed by atoms with Crippen molar-refractivity contribution in [2.75, 3.05) is 0 Å². The van der Waals surface area contributed by atoms with Crippen molar-refractivity contribution in [1.82, 2.24) is 0 Å². The zero-order chi connectivity index (χ0) is 10.1. The maximum absolute atomic E-state index is 9.25. The van der Waals surface area contributed by atoms with Gasteiger partial charge in [-0.05, 0) is 0 Å². The van der Waals surface area contributed by atoms with Crippen molar-refractivity contribution in [3.63, 3.8) is 0 Å². The molecule has 0 radical (unpaired) electrons. The SMILES string of the molecule is C=CC(=O)O.C=Cc1cc[c-]cc1.[Na+]. The van der Waals surface area contributed by atoms with Crippen LogP contribution >= 0.6 is 0 Å². The van der Waals surface area contributed by atoms with E-state index in [9.17, 15) is 4.79 Å². The van der Waals surface area contributed by atoms with Gasteiger partial charge in [-0.2, -0.15) is 30.3 Å². The second-order valence-corrected chi connectivity index (χ2v) is 2.08. The van der Waals surface area contributed by atoms with Crippen LogP contribution in [0.4, 0.5) is 0 Å². The molecule has 0 aliphatic heterocycles. The molecule has 3 heteroatoms. The maximum atomic E-state index is 9.25. The molecule has 0 saturated heterocycles. The molecule has 0 aliphatic carbocycles. The molecule has 0 fully saturated rings. The Labute approximate surface area is 106 Å². The first-order chi connectivity index (χ1) is 6.20. The minimum Gasteiger partial charge on any atom is -0.478 e. The van der Waals surface area contributed by atoms with Crippen molar-refractivity contribution in [2.45, 2.75) is 0 Å². The number of carboxylic acid groups (broad SMARTS) is 1. The number of rotatable bonds is 2. The number of carboxylic acids is 1. The normalized spacial score (nSPS) is 7.14. The first-order valence-corrected chi connectivity index (χ1v) is 3.64. The van der Waals surface area contributed by atoms with Gasteiger partial charge in [-0.1, -0.05) is 12.7 Å². The van der Waals surface area contributed by atoms with E-state index in [0.717, 1.165) is 11.6 Å². The summed E-state index contributed by atoms with van der Waals surface area (Å²) in [6.45, 7) is 6.58. The Kier molecular flexibility index (Phi) is 11.4. The van der Waals surface area contributed by atoms with Crippen LogP contribution in [0.15, 0.2) is 43.5 Å². The van der Waals surface area contributed by atoms with Gasteiger partial charge < -0.3 is 5.11 Å².